The Morgan fingerprint density at radius 3 is 2.58 bits per heavy atom. The molecule has 0 amide bonds. The van der Waals surface area contributed by atoms with Crippen LogP contribution in [0.15, 0.2) is 23.1 Å². The number of hydrogen-bond acceptors (Lipinski definition) is 3. The Morgan fingerprint density at radius 2 is 2.05 bits per heavy atom. The fraction of sp³-hybridized carbons (Fsp3) is 0.462. The smallest absolute Gasteiger partial charge is 0.373 e. The average Bonchev–Trinajstić information content (AvgIpc) is 2.35. The van der Waals surface area contributed by atoms with Crippen molar-refractivity contribution in [2.75, 3.05) is 24.2 Å². The minimum Gasteiger partial charge on any atom is -0.373 e. The Kier molecular flexibility index (Phi) is 5.55. The van der Waals surface area contributed by atoms with Crippen molar-refractivity contribution >= 4 is 17.4 Å². The van der Waals surface area contributed by atoms with Gasteiger partial charge in [0, 0.05) is 18.5 Å². The molecule has 0 heterocycles. The van der Waals surface area contributed by atoms with E-state index in [9.17, 15) is 18.4 Å². The molecule has 0 unspecified atom stereocenters. The molecular weight excluding hydrogens is 273 g/mol. The summed E-state index contributed by atoms with van der Waals surface area (Å²) in [5.41, 5.74) is 0.990. The van der Waals surface area contributed by atoms with Crippen LogP contribution in [0, 0.1) is 11.3 Å². The largest absolute Gasteiger partial charge is 0.390 e. The molecule has 0 fully saturated rings. The molecule has 0 radical (unpaired) electrons. The highest BCUT2D eigenvalue weighted by atomic mass is 32.2. The van der Waals surface area contributed by atoms with E-state index in [2.05, 4.69) is 6.07 Å². The summed E-state index contributed by atoms with van der Waals surface area (Å²) in [5.74, 6) is 0.810. The molecule has 0 spiro atoms. The molecule has 6 heteroatoms. The van der Waals surface area contributed by atoms with Crippen molar-refractivity contribution in [3.05, 3.63) is 23.8 Å². The molecule has 1 aromatic carbocycles. The van der Waals surface area contributed by atoms with Gasteiger partial charge in [-0.05, 0) is 17.9 Å². The summed E-state index contributed by atoms with van der Waals surface area (Å²) in [6.07, 6.45) is -5.07. The number of halogens is 3. The molecule has 0 bridgehead atoms. The molecule has 0 aromatic heterocycles. The van der Waals surface area contributed by atoms with Crippen LogP contribution in [-0.4, -0.2) is 25.5 Å². The zero-order valence-electron chi connectivity index (χ0n) is 10.8. The van der Waals surface area contributed by atoms with Crippen LogP contribution < -0.4 is 4.90 Å². The predicted molar refractivity (Wildman–Crippen MR) is 71.5 cm³/mol. The van der Waals surface area contributed by atoms with E-state index in [0.717, 1.165) is 10.6 Å². The van der Waals surface area contributed by atoms with E-state index in [-0.39, 0.29) is 6.54 Å². The standard InChI is InChI=1S/C13H15F3N2S/c1-3-19-12-6-4-5-11(10(12)9-17)18(2)8-7-13(14,15)16/h4-6H,3,7-8H2,1-2H3. The molecule has 1 rings (SSSR count). The van der Waals surface area contributed by atoms with E-state index in [1.54, 1.807) is 19.2 Å². The lowest BCUT2D eigenvalue weighted by Gasteiger charge is -2.22. The first-order valence-electron chi connectivity index (χ1n) is 5.83. The zero-order valence-corrected chi connectivity index (χ0v) is 11.6. The van der Waals surface area contributed by atoms with Gasteiger partial charge in [-0.25, -0.2) is 0 Å². The van der Waals surface area contributed by atoms with E-state index < -0.39 is 12.6 Å². The molecule has 19 heavy (non-hydrogen) atoms. The van der Waals surface area contributed by atoms with Crippen LogP contribution in [0.2, 0.25) is 0 Å². The summed E-state index contributed by atoms with van der Waals surface area (Å²) in [6.45, 7) is 1.81. The minimum atomic E-state index is -4.18. The Bertz CT molecular complexity index is 466. The van der Waals surface area contributed by atoms with E-state index >= 15 is 0 Å². The lowest BCUT2D eigenvalue weighted by Crippen LogP contribution is -2.24. The number of anilines is 1. The van der Waals surface area contributed by atoms with Gasteiger partial charge < -0.3 is 4.90 Å². The van der Waals surface area contributed by atoms with Crippen molar-refractivity contribution in [1.29, 1.82) is 5.26 Å². The molecule has 0 N–H and O–H groups in total. The number of nitrogens with zero attached hydrogens (tertiary/aromatic N) is 2. The molecule has 2 nitrogen and oxygen atoms in total. The quantitative estimate of drug-likeness (QED) is 0.765. The zero-order chi connectivity index (χ0) is 14.5. The highest BCUT2D eigenvalue weighted by Crippen LogP contribution is 2.30. The fourth-order valence-electron chi connectivity index (χ4n) is 1.64. The van der Waals surface area contributed by atoms with E-state index in [1.165, 1.54) is 16.7 Å². The summed E-state index contributed by atoms with van der Waals surface area (Å²) in [5, 5.41) is 9.19. The maximum Gasteiger partial charge on any atom is 0.390 e. The topological polar surface area (TPSA) is 27.0 Å². The summed E-state index contributed by atoms with van der Waals surface area (Å²) >= 11 is 1.51. The van der Waals surface area contributed by atoms with Crippen molar-refractivity contribution in [2.45, 2.75) is 24.4 Å². The van der Waals surface area contributed by atoms with E-state index in [1.807, 2.05) is 13.0 Å². The minimum absolute atomic E-state index is 0.154. The number of hydrogen-bond donors (Lipinski definition) is 0. The van der Waals surface area contributed by atoms with Crippen LogP contribution in [0.1, 0.15) is 18.9 Å². The van der Waals surface area contributed by atoms with Crippen molar-refractivity contribution < 1.29 is 13.2 Å². The first-order chi connectivity index (χ1) is 8.89. The normalized spacial score (nSPS) is 11.2. The second-order valence-electron chi connectivity index (χ2n) is 3.98. The molecule has 0 aliphatic carbocycles. The number of thioether (sulfide) groups is 1. The SMILES string of the molecule is CCSc1cccc(N(C)CCC(F)(F)F)c1C#N. The van der Waals surface area contributed by atoms with Crippen LogP contribution >= 0.6 is 11.8 Å². The second-order valence-corrected chi connectivity index (χ2v) is 5.29. The summed E-state index contributed by atoms with van der Waals surface area (Å²) in [7, 11) is 1.57. The third-order valence-electron chi connectivity index (χ3n) is 2.56. The van der Waals surface area contributed by atoms with Gasteiger partial charge in [0.1, 0.15) is 6.07 Å². The first kappa shape index (κ1) is 15.7. The van der Waals surface area contributed by atoms with Gasteiger partial charge in [-0.1, -0.05) is 13.0 Å². The molecule has 104 valence electrons. The average molecular weight is 288 g/mol. The van der Waals surface area contributed by atoms with Crippen molar-refractivity contribution in [2.24, 2.45) is 0 Å². The summed E-state index contributed by atoms with van der Waals surface area (Å²) in [4.78, 5) is 2.28. The monoisotopic (exact) mass is 288 g/mol. The summed E-state index contributed by atoms with van der Waals surface area (Å²) in [6, 6.07) is 7.33. The fourth-order valence-corrected chi connectivity index (χ4v) is 2.42. The van der Waals surface area contributed by atoms with Crippen LogP contribution in [0.4, 0.5) is 18.9 Å². The first-order valence-corrected chi connectivity index (χ1v) is 6.81. The third-order valence-corrected chi connectivity index (χ3v) is 3.50. The van der Waals surface area contributed by atoms with Crippen LogP contribution in [0.25, 0.3) is 0 Å². The van der Waals surface area contributed by atoms with Gasteiger partial charge in [0.15, 0.2) is 0 Å². The molecule has 0 saturated carbocycles. The summed E-state index contributed by atoms with van der Waals surface area (Å²) < 4.78 is 36.7. The molecular formula is C13H15F3N2S. The number of rotatable bonds is 5. The molecule has 0 aliphatic heterocycles. The third kappa shape index (κ3) is 4.67. The number of alkyl halides is 3. The number of benzene rings is 1. The van der Waals surface area contributed by atoms with Crippen LogP contribution in [0.3, 0.4) is 0 Å². The number of nitriles is 1. The van der Waals surface area contributed by atoms with Gasteiger partial charge in [-0.15, -0.1) is 11.8 Å². The predicted octanol–water partition coefficient (Wildman–Crippen LogP) is 4.06. The highest BCUT2D eigenvalue weighted by Gasteiger charge is 2.27. The maximum atomic E-state index is 12.2. The molecule has 0 atom stereocenters. The lowest BCUT2D eigenvalue weighted by molar-refractivity contribution is -0.132. The van der Waals surface area contributed by atoms with Gasteiger partial charge in [-0.2, -0.15) is 18.4 Å². The molecule has 0 aliphatic rings. The molecule has 0 saturated heterocycles. The van der Waals surface area contributed by atoms with Crippen molar-refractivity contribution in [1.82, 2.24) is 0 Å². The Balaban J connectivity index is 2.93. The Hall–Kier alpha value is -1.35. The van der Waals surface area contributed by atoms with Crippen LogP contribution in [0.5, 0.6) is 0 Å². The molecule has 1 aromatic rings. The Labute approximate surface area is 115 Å². The van der Waals surface area contributed by atoms with Crippen LogP contribution in [-0.2, 0) is 0 Å². The second kappa shape index (κ2) is 6.71. The van der Waals surface area contributed by atoms with E-state index in [4.69, 9.17) is 0 Å². The Morgan fingerprint density at radius 1 is 1.37 bits per heavy atom. The highest BCUT2D eigenvalue weighted by molar-refractivity contribution is 7.99. The lowest BCUT2D eigenvalue weighted by atomic mass is 10.1. The van der Waals surface area contributed by atoms with Gasteiger partial charge in [0.05, 0.1) is 17.7 Å². The van der Waals surface area contributed by atoms with Gasteiger partial charge >= 0.3 is 6.18 Å². The maximum absolute atomic E-state index is 12.2. The van der Waals surface area contributed by atoms with Crippen molar-refractivity contribution in [3.8, 4) is 6.07 Å². The van der Waals surface area contributed by atoms with Gasteiger partial charge in [0.25, 0.3) is 0 Å². The van der Waals surface area contributed by atoms with Gasteiger partial charge in [-0.3, -0.25) is 0 Å². The van der Waals surface area contributed by atoms with E-state index in [0.29, 0.717) is 11.3 Å². The van der Waals surface area contributed by atoms with Gasteiger partial charge in [0.2, 0.25) is 0 Å². The van der Waals surface area contributed by atoms with Crippen molar-refractivity contribution in [3.63, 3.8) is 0 Å².